The average Bonchev–Trinajstić information content (AvgIpc) is 2.95. The van der Waals surface area contributed by atoms with E-state index in [-0.39, 0.29) is 12.0 Å². The molecule has 41 heavy (non-hydrogen) atoms. The molecule has 2 heterocycles. The first-order chi connectivity index (χ1) is 19.6. The molecule has 1 fully saturated rings. The number of amides is 1. The molecule has 1 aliphatic carbocycles. The summed E-state index contributed by atoms with van der Waals surface area (Å²) in [6.45, 7) is 11.7. The minimum Gasteiger partial charge on any atom is -0.481 e. The lowest BCUT2D eigenvalue weighted by atomic mass is 9.90. The van der Waals surface area contributed by atoms with Gasteiger partial charge in [0.1, 0.15) is 13.6 Å². The molecule has 0 bridgehead atoms. The van der Waals surface area contributed by atoms with E-state index in [4.69, 9.17) is 9.84 Å². The van der Waals surface area contributed by atoms with Crippen LogP contribution in [0, 0.1) is 5.92 Å². The molecule has 2 aliphatic rings. The first kappa shape index (κ1) is 33.5. The third-order valence-corrected chi connectivity index (χ3v) is 6.97. The van der Waals surface area contributed by atoms with E-state index in [2.05, 4.69) is 64.4 Å². The summed E-state index contributed by atoms with van der Waals surface area (Å²) in [4.78, 5) is 30.1. The van der Waals surface area contributed by atoms with Crippen LogP contribution >= 0.6 is 0 Å². The number of ether oxygens (including phenoxy) is 1. The van der Waals surface area contributed by atoms with Gasteiger partial charge in [-0.05, 0) is 69.8 Å². The number of carboxylic acids is 1. The molecule has 1 saturated carbocycles. The second kappa shape index (κ2) is 17.8. The Morgan fingerprint density at radius 2 is 1.95 bits per heavy atom. The van der Waals surface area contributed by atoms with Crippen molar-refractivity contribution >= 4 is 24.5 Å². The minimum absolute atomic E-state index is 0.0289. The number of anilines is 1. The van der Waals surface area contributed by atoms with Crippen LogP contribution in [0.3, 0.4) is 0 Å². The van der Waals surface area contributed by atoms with Gasteiger partial charge in [0, 0.05) is 36.5 Å². The Bertz CT molecular complexity index is 1170. The van der Waals surface area contributed by atoms with E-state index in [9.17, 15) is 9.59 Å². The lowest BCUT2D eigenvalue weighted by Gasteiger charge is -2.17. The third kappa shape index (κ3) is 12.1. The normalized spacial score (nSPS) is 17.0. The van der Waals surface area contributed by atoms with E-state index in [1.807, 2.05) is 26.8 Å². The molecule has 0 saturated heterocycles. The van der Waals surface area contributed by atoms with Crippen molar-refractivity contribution in [3.8, 4) is 5.88 Å². The van der Waals surface area contributed by atoms with Gasteiger partial charge in [-0.3, -0.25) is 9.59 Å². The van der Waals surface area contributed by atoms with Crippen molar-refractivity contribution in [2.45, 2.75) is 85.7 Å². The fourth-order valence-corrected chi connectivity index (χ4v) is 4.73. The summed E-state index contributed by atoms with van der Waals surface area (Å²) in [7, 11) is 2.08. The van der Waals surface area contributed by atoms with Gasteiger partial charge in [-0.25, -0.2) is 9.56 Å². The predicted molar refractivity (Wildman–Crippen MR) is 164 cm³/mol. The molecule has 3 rings (SSSR count). The molecular formula is C32H48N5O4+. The topological polar surface area (TPSA) is 116 Å². The predicted octanol–water partition coefficient (Wildman–Crippen LogP) is 5.67. The van der Waals surface area contributed by atoms with Gasteiger partial charge in [-0.1, -0.05) is 38.3 Å². The Morgan fingerprint density at radius 3 is 2.56 bits per heavy atom. The summed E-state index contributed by atoms with van der Waals surface area (Å²) in [5.41, 5.74) is 5.45. The molecule has 224 valence electrons. The summed E-state index contributed by atoms with van der Waals surface area (Å²) < 4.78 is 7.86. The van der Waals surface area contributed by atoms with Gasteiger partial charge in [0.25, 0.3) is 0 Å². The fraction of sp³-hybridized carbons (Fsp3) is 0.531. The molecule has 1 amide bonds. The van der Waals surface area contributed by atoms with Crippen LogP contribution < -0.4 is 15.4 Å². The van der Waals surface area contributed by atoms with Gasteiger partial charge in [0.05, 0.1) is 12.0 Å². The number of allylic oxidation sites excluding steroid dienone is 6. The molecule has 0 spiro atoms. The number of nitrogens with zero attached hydrogens (tertiary/aromatic N) is 3. The number of nitrogens with one attached hydrogen (secondary N) is 2. The molecule has 0 atom stereocenters. The van der Waals surface area contributed by atoms with Crippen LogP contribution in [0.15, 0.2) is 58.5 Å². The van der Waals surface area contributed by atoms with Gasteiger partial charge in [-0.2, -0.15) is 4.98 Å². The monoisotopic (exact) mass is 566 g/mol. The van der Waals surface area contributed by atoms with Gasteiger partial charge in [0.15, 0.2) is 6.21 Å². The zero-order chi connectivity index (χ0) is 30.2. The molecule has 0 aromatic carbocycles. The summed E-state index contributed by atoms with van der Waals surface area (Å²) in [5.74, 6) is 0.482. The lowest BCUT2D eigenvalue weighted by molar-refractivity contribution is -0.492. The first-order valence-corrected chi connectivity index (χ1v) is 14.6. The highest BCUT2D eigenvalue weighted by Gasteiger charge is 2.19. The fourth-order valence-electron chi connectivity index (χ4n) is 4.73. The van der Waals surface area contributed by atoms with Gasteiger partial charge in [-0.15, -0.1) is 0 Å². The van der Waals surface area contributed by atoms with Crippen molar-refractivity contribution in [1.82, 2.24) is 15.3 Å². The second-order valence-electron chi connectivity index (χ2n) is 10.8. The maximum atomic E-state index is 11.0. The largest absolute Gasteiger partial charge is 0.481 e. The third-order valence-electron chi connectivity index (χ3n) is 6.97. The molecule has 0 unspecified atom stereocenters. The molecule has 1 aromatic rings. The minimum atomic E-state index is -0.602. The van der Waals surface area contributed by atoms with E-state index >= 15 is 0 Å². The highest BCUT2D eigenvalue weighted by Crippen LogP contribution is 2.23. The summed E-state index contributed by atoms with van der Waals surface area (Å²) >= 11 is 0. The summed E-state index contributed by atoms with van der Waals surface area (Å²) in [5, 5.41) is 14.7. The van der Waals surface area contributed by atoms with Crippen LogP contribution in [0.2, 0.25) is 0 Å². The zero-order valence-electron chi connectivity index (χ0n) is 25.6. The highest BCUT2D eigenvalue weighted by molar-refractivity contribution is 5.83. The molecule has 1 aliphatic heterocycles. The van der Waals surface area contributed by atoms with E-state index < -0.39 is 5.97 Å². The SMILES string of the molecule is CC/C=C(C)/C(=C\C=C(/C)C1=C(CNc2nccc(OC(C)C)n2)CC[N+](C)=C1)NC=O.O=C(O)C1CCCCC1. The Morgan fingerprint density at radius 1 is 1.22 bits per heavy atom. The number of carbonyl (C=O) groups is 2. The molecule has 9 heteroatoms. The van der Waals surface area contributed by atoms with Gasteiger partial charge < -0.3 is 20.5 Å². The van der Waals surface area contributed by atoms with Gasteiger partial charge in [0.2, 0.25) is 18.2 Å². The van der Waals surface area contributed by atoms with Crippen molar-refractivity contribution in [2.24, 2.45) is 5.92 Å². The van der Waals surface area contributed by atoms with Crippen LogP contribution in [0.1, 0.15) is 79.6 Å². The molecule has 3 N–H and O–H groups in total. The number of carboxylic acid groups (broad SMARTS) is 1. The van der Waals surface area contributed by atoms with Crippen LogP contribution in [0.5, 0.6) is 5.88 Å². The van der Waals surface area contributed by atoms with Crippen molar-refractivity contribution < 1.29 is 24.0 Å². The maximum Gasteiger partial charge on any atom is 0.306 e. The van der Waals surface area contributed by atoms with E-state index in [1.54, 1.807) is 12.3 Å². The number of hydrogen-bond donors (Lipinski definition) is 3. The van der Waals surface area contributed by atoms with Crippen LogP contribution in [0.25, 0.3) is 0 Å². The lowest BCUT2D eigenvalue weighted by Crippen LogP contribution is -2.22. The maximum absolute atomic E-state index is 11.0. The van der Waals surface area contributed by atoms with Crippen LogP contribution in [0.4, 0.5) is 5.95 Å². The molecule has 9 nitrogen and oxygen atoms in total. The highest BCUT2D eigenvalue weighted by atomic mass is 16.5. The van der Waals surface area contributed by atoms with Crippen molar-refractivity contribution in [1.29, 1.82) is 0 Å². The Balaban J connectivity index is 0.000000553. The zero-order valence-corrected chi connectivity index (χ0v) is 25.6. The van der Waals surface area contributed by atoms with E-state index in [1.165, 1.54) is 17.6 Å². The molecule has 0 radical (unpaired) electrons. The Hall–Kier alpha value is -3.75. The quantitative estimate of drug-likeness (QED) is 0.169. The first-order valence-electron chi connectivity index (χ1n) is 14.6. The van der Waals surface area contributed by atoms with E-state index in [0.717, 1.165) is 61.9 Å². The number of aliphatic carboxylic acids is 1. The number of hydrogen-bond acceptors (Lipinski definition) is 6. The average molecular weight is 567 g/mol. The Kier molecular flexibility index (Phi) is 14.6. The summed E-state index contributed by atoms with van der Waals surface area (Å²) in [6.07, 6.45) is 17.9. The van der Waals surface area contributed by atoms with Crippen LogP contribution in [-0.2, 0) is 9.59 Å². The van der Waals surface area contributed by atoms with Crippen molar-refractivity contribution in [2.75, 3.05) is 25.5 Å². The summed E-state index contributed by atoms with van der Waals surface area (Å²) in [6, 6.07) is 1.76. The number of carbonyl (C=O) groups excluding carboxylic acids is 1. The van der Waals surface area contributed by atoms with Crippen LogP contribution in [-0.4, -0.2) is 64.5 Å². The second-order valence-corrected chi connectivity index (χ2v) is 10.8. The van der Waals surface area contributed by atoms with Crippen molar-refractivity contribution in [3.63, 3.8) is 0 Å². The Labute approximate surface area is 245 Å². The van der Waals surface area contributed by atoms with Crippen molar-refractivity contribution in [3.05, 3.63) is 58.5 Å². The standard InChI is InChI=1S/C25H35N5O2.C7H12O2/c1-7-8-20(5)23(28-17-31)10-9-19(4)22-16-30(6)14-12-21(22)15-27-25-26-13-11-24(29-25)32-18(2)3;8-7(9)6-4-2-1-3-5-6/h8-11,13,16-18H,7,12,14-15H2,1-6H3,(H-,26,27,28,29,31);6H,1-5H2,(H,8,9)/p+1/b19-9+,20-8+,23-10+;. The van der Waals surface area contributed by atoms with Gasteiger partial charge >= 0.3 is 5.97 Å². The molecular weight excluding hydrogens is 518 g/mol. The smallest absolute Gasteiger partial charge is 0.306 e. The number of rotatable bonds is 12. The van der Waals surface area contributed by atoms with E-state index in [0.29, 0.717) is 24.8 Å². The molecule has 1 aromatic heterocycles. The number of aromatic nitrogens is 2.